The fourth-order valence-corrected chi connectivity index (χ4v) is 1.68. The number of carbonyl (C=O) groups is 1. The Morgan fingerprint density at radius 3 is 2.32 bits per heavy atom. The predicted octanol–water partition coefficient (Wildman–Crippen LogP) is 3.81. The normalized spacial score (nSPS) is 13.5. The Hall–Kier alpha value is -1.09. The molecule has 19 heavy (non-hydrogen) atoms. The maximum Gasteiger partial charge on any atom is 0.251 e. The van der Waals surface area contributed by atoms with Gasteiger partial charge in [-0.1, -0.05) is 46.2 Å². The average Bonchev–Trinajstić information content (AvgIpc) is 2.26. The standard InChI is InChI=1S/C15H23ClN2O/c1-9(2)10(3)17-14(19)11-7-12(15(4,5)6)18-13(16)8-11/h7-10H,1-6H3,(H,17,19). The van der Waals surface area contributed by atoms with Gasteiger partial charge in [-0.15, -0.1) is 0 Å². The Morgan fingerprint density at radius 2 is 1.84 bits per heavy atom. The summed E-state index contributed by atoms with van der Waals surface area (Å²) in [5.41, 5.74) is 1.25. The molecule has 1 atom stereocenters. The Balaban J connectivity index is 3.01. The highest BCUT2D eigenvalue weighted by molar-refractivity contribution is 6.29. The highest BCUT2D eigenvalue weighted by Crippen LogP contribution is 2.23. The van der Waals surface area contributed by atoms with E-state index in [2.05, 4.69) is 24.1 Å². The van der Waals surface area contributed by atoms with Gasteiger partial charge in [0.05, 0.1) is 0 Å². The van der Waals surface area contributed by atoms with Crippen LogP contribution in [0.25, 0.3) is 0 Å². The number of hydrogen-bond acceptors (Lipinski definition) is 2. The molecule has 0 aliphatic carbocycles. The van der Waals surface area contributed by atoms with Crippen LogP contribution in [0, 0.1) is 5.92 Å². The Kier molecular flexibility index (Phi) is 4.97. The van der Waals surface area contributed by atoms with Crippen LogP contribution < -0.4 is 5.32 Å². The minimum Gasteiger partial charge on any atom is -0.349 e. The maximum atomic E-state index is 12.2. The molecule has 1 rings (SSSR count). The highest BCUT2D eigenvalue weighted by atomic mass is 35.5. The van der Waals surface area contributed by atoms with Crippen LogP contribution in [0.1, 0.15) is 57.6 Å². The summed E-state index contributed by atoms with van der Waals surface area (Å²) >= 11 is 6.01. The third kappa shape index (κ3) is 4.50. The third-order valence-corrected chi connectivity index (χ3v) is 3.38. The number of nitrogens with zero attached hydrogens (tertiary/aromatic N) is 1. The zero-order chi connectivity index (χ0) is 14.8. The van der Waals surface area contributed by atoms with Gasteiger partial charge in [-0.25, -0.2) is 4.98 Å². The second-order valence-corrected chi connectivity index (χ2v) is 6.71. The van der Waals surface area contributed by atoms with Crippen LogP contribution in [-0.2, 0) is 5.41 Å². The van der Waals surface area contributed by atoms with Crippen LogP contribution in [0.15, 0.2) is 12.1 Å². The molecule has 0 spiro atoms. The van der Waals surface area contributed by atoms with Crippen LogP contribution in [0.3, 0.4) is 0 Å². The molecule has 106 valence electrons. The minimum atomic E-state index is -0.135. The summed E-state index contributed by atoms with van der Waals surface area (Å²) in [5, 5.41) is 3.33. The number of rotatable bonds is 3. The number of carbonyl (C=O) groups excluding carboxylic acids is 1. The second-order valence-electron chi connectivity index (χ2n) is 6.32. The van der Waals surface area contributed by atoms with Crippen LogP contribution in [0.5, 0.6) is 0 Å². The number of pyridine rings is 1. The smallest absolute Gasteiger partial charge is 0.251 e. The maximum absolute atomic E-state index is 12.2. The molecule has 1 N–H and O–H groups in total. The van der Waals surface area contributed by atoms with Crippen LogP contribution >= 0.6 is 11.6 Å². The lowest BCUT2D eigenvalue weighted by molar-refractivity contribution is 0.0930. The van der Waals surface area contributed by atoms with Crippen molar-refractivity contribution >= 4 is 17.5 Å². The first-order chi connectivity index (χ1) is 8.61. The molecular weight excluding hydrogens is 260 g/mol. The first-order valence-electron chi connectivity index (χ1n) is 6.60. The molecule has 0 fully saturated rings. The van der Waals surface area contributed by atoms with E-state index in [1.807, 2.05) is 33.8 Å². The first-order valence-corrected chi connectivity index (χ1v) is 6.98. The van der Waals surface area contributed by atoms with E-state index in [9.17, 15) is 4.79 Å². The van der Waals surface area contributed by atoms with Crippen molar-refractivity contribution in [1.82, 2.24) is 10.3 Å². The molecule has 0 saturated carbocycles. The summed E-state index contributed by atoms with van der Waals surface area (Å²) in [4.78, 5) is 16.5. The molecule has 0 saturated heterocycles. The molecule has 1 heterocycles. The Morgan fingerprint density at radius 1 is 1.26 bits per heavy atom. The molecule has 0 radical (unpaired) electrons. The molecule has 1 aromatic heterocycles. The molecule has 1 amide bonds. The number of aromatic nitrogens is 1. The number of halogens is 1. The lowest BCUT2D eigenvalue weighted by Crippen LogP contribution is -2.36. The Bertz CT molecular complexity index is 464. The van der Waals surface area contributed by atoms with Gasteiger partial charge in [0, 0.05) is 22.7 Å². The second kappa shape index (κ2) is 5.91. The summed E-state index contributed by atoms with van der Waals surface area (Å²) in [6, 6.07) is 3.55. The largest absolute Gasteiger partial charge is 0.349 e. The third-order valence-electron chi connectivity index (χ3n) is 3.18. The van der Waals surface area contributed by atoms with E-state index in [0.29, 0.717) is 16.6 Å². The van der Waals surface area contributed by atoms with Gasteiger partial charge >= 0.3 is 0 Å². The summed E-state index contributed by atoms with van der Waals surface area (Å²) in [6.45, 7) is 12.3. The van der Waals surface area contributed by atoms with E-state index >= 15 is 0 Å². The number of hydrogen-bond donors (Lipinski definition) is 1. The van der Waals surface area contributed by atoms with Crippen molar-refractivity contribution in [3.63, 3.8) is 0 Å². The van der Waals surface area contributed by atoms with Crippen LogP contribution in [-0.4, -0.2) is 16.9 Å². The fourth-order valence-electron chi connectivity index (χ4n) is 1.47. The molecule has 1 unspecified atom stereocenters. The summed E-state index contributed by atoms with van der Waals surface area (Å²) in [6.07, 6.45) is 0. The van der Waals surface area contributed by atoms with Gasteiger partial charge in [0.25, 0.3) is 5.91 Å². The molecule has 4 heteroatoms. The minimum absolute atomic E-state index is 0.101. The molecule has 0 aromatic carbocycles. The fraction of sp³-hybridized carbons (Fsp3) is 0.600. The van der Waals surface area contributed by atoms with Crippen LogP contribution in [0.2, 0.25) is 5.15 Å². The van der Waals surface area contributed by atoms with E-state index in [-0.39, 0.29) is 17.4 Å². The van der Waals surface area contributed by atoms with E-state index in [0.717, 1.165) is 5.69 Å². The van der Waals surface area contributed by atoms with Crippen molar-refractivity contribution in [2.24, 2.45) is 5.92 Å². The summed E-state index contributed by atoms with van der Waals surface area (Å²) < 4.78 is 0. The summed E-state index contributed by atoms with van der Waals surface area (Å²) in [7, 11) is 0. The van der Waals surface area contributed by atoms with Gasteiger partial charge in [-0.05, 0) is 25.0 Å². The predicted molar refractivity (Wildman–Crippen MR) is 79.7 cm³/mol. The number of amides is 1. The van der Waals surface area contributed by atoms with Gasteiger partial charge < -0.3 is 5.32 Å². The van der Waals surface area contributed by atoms with Crippen molar-refractivity contribution in [3.05, 3.63) is 28.5 Å². The molecule has 0 aliphatic rings. The van der Waals surface area contributed by atoms with Gasteiger partial charge in [0.1, 0.15) is 5.15 Å². The number of nitrogens with one attached hydrogen (secondary N) is 1. The molecule has 0 aliphatic heterocycles. The van der Waals surface area contributed by atoms with E-state index in [4.69, 9.17) is 11.6 Å². The topological polar surface area (TPSA) is 42.0 Å². The quantitative estimate of drug-likeness (QED) is 0.857. The van der Waals surface area contributed by atoms with Crippen molar-refractivity contribution in [2.75, 3.05) is 0 Å². The first kappa shape index (κ1) is 16.0. The van der Waals surface area contributed by atoms with Crippen molar-refractivity contribution in [1.29, 1.82) is 0 Å². The monoisotopic (exact) mass is 282 g/mol. The lowest BCUT2D eigenvalue weighted by atomic mass is 9.91. The van der Waals surface area contributed by atoms with Crippen molar-refractivity contribution < 1.29 is 4.79 Å². The van der Waals surface area contributed by atoms with Crippen molar-refractivity contribution in [3.8, 4) is 0 Å². The van der Waals surface area contributed by atoms with Gasteiger partial charge in [-0.3, -0.25) is 4.79 Å². The SMILES string of the molecule is CC(C)C(C)NC(=O)c1cc(Cl)nc(C(C)(C)C)c1. The van der Waals surface area contributed by atoms with Gasteiger partial charge in [-0.2, -0.15) is 0 Å². The van der Waals surface area contributed by atoms with Crippen molar-refractivity contribution in [2.45, 2.75) is 53.0 Å². The van der Waals surface area contributed by atoms with E-state index in [1.54, 1.807) is 6.07 Å². The molecule has 3 nitrogen and oxygen atoms in total. The highest BCUT2D eigenvalue weighted by Gasteiger charge is 2.20. The zero-order valence-electron chi connectivity index (χ0n) is 12.5. The van der Waals surface area contributed by atoms with Gasteiger partial charge in [0.2, 0.25) is 0 Å². The molecular formula is C15H23ClN2O. The average molecular weight is 283 g/mol. The zero-order valence-corrected chi connectivity index (χ0v) is 13.3. The van der Waals surface area contributed by atoms with E-state index < -0.39 is 0 Å². The van der Waals surface area contributed by atoms with Gasteiger partial charge in [0.15, 0.2) is 0 Å². The Labute approximate surface area is 120 Å². The molecule has 0 bridgehead atoms. The molecule has 1 aromatic rings. The van der Waals surface area contributed by atoms with E-state index in [1.165, 1.54) is 0 Å². The summed E-state index contributed by atoms with van der Waals surface area (Å²) in [5.74, 6) is 0.291. The lowest BCUT2D eigenvalue weighted by Gasteiger charge is -2.20. The van der Waals surface area contributed by atoms with Crippen LogP contribution in [0.4, 0.5) is 0 Å².